The minimum atomic E-state index is -2.15. The summed E-state index contributed by atoms with van der Waals surface area (Å²) in [6.07, 6.45) is -1.49. The van der Waals surface area contributed by atoms with E-state index in [0.29, 0.717) is 0 Å². The molecule has 0 saturated heterocycles. The van der Waals surface area contributed by atoms with Gasteiger partial charge in [0, 0.05) is 0 Å². The molecule has 34 heavy (non-hydrogen) atoms. The first kappa shape index (κ1) is 28.3. The Kier molecular flexibility index (Phi) is 8.65. The maximum absolute atomic E-state index is 11.5. The van der Waals surface area contributed by atoms with Gasteiger partial charge in [-0.2, -0.15) is 0 Å². The minimum absolute atomic E-state index is 0.0158. The summed E-state index contributed by atoms with van der Waals surface area (Å²) < 4.78 is 0. The second-order valence-corrected chi connectivity index (χ2v) is 23.0. The number of hydrogen-bond acceptors (Lipinski definition) is 2. The Morgan fingerprint density at radius 2 is 0.853 bits per heavy atom. The largest absolute Gasteiger partial charge is 0.384 e. The predicted molar refractivity (Wildman–Crippen MR) is 151 cm³/mol. The highest BCUT2D eigenvalue weighted by molar-refractivity contribution is 6.87. The van der Waals surface area contributed by atoms with Crippen molar-refractivity contribution >= 4 is 16.1 Å². The molecule has 2 N–H and O–H groups in total. The summed E-state index contributed by atoms with van der Waals surface area (Å²) in [5, 5.41) is 25.0. The molecule has 0 heterocycles. The summed E-state index contributed by atoms with van der Waals surface area (Å²) >= 11 is 0. The van der Waals surface area contributed by atoms with E-state index in [-0.39, 0.29) is 10.1 Å². The van der Waals surface area contributed by atoms with Crippen molar-refractivity contribution in [1.29, 1.82) is 0 Å². The average Bonchev–Trinajstić information content (AvgIpc) is 2.75. The molecule has 0 aliphatic rings. The third-order valence-electron chi connectivity index (χ3n) is 8.21. The monoisotopic (exact) mass is 492 g/mol. The highest BCUT2D eigenvalue weighted by atomic mass is 28.3. The molecule has 0 amide bonds. The van der Waals surface area contributed by atoms with E-state index in [4.69, 9.17) is 0 Å². The molecule has 4 heteroatoms. The van der Waals surface area contributed by atoms with Crippen LogP contribution in [0, 0.1) is 0 Å². The van der Waals surface area contributed by atoms with Crippen molar-refractivity contribution in [3.8, 4) is 0 Å². The molecule has 0 aliphatic carbocycles. The van der Waals surface area contributed by atoms with Gasteiger partial charge in [-0.1, -0.05) is 140 Å². The Hall–Kier alpha value is -1.91. The molecule has 2 unspecified atom stereocenters. The highest BCUT2D eigenvalue weighted by Gasteiger charge is 2.43. The molecule has 184 valence electrons. The van der Waals surface area contributed by atoms with Gasteiger partial charge >= 0.3 is 0 Å². The Bertz CT molecular complexity index is 971. The van der Waals surface area contributed by atoms with Crippen LogP contribution >= 0.6 is 0 Å². The van der Waals surface area contributed by atoms with Crippen LogP contribution in [0.5, 0.6) is 0 Å². The van der Waals surface area contributed by atoms with Gasteiger partial charge in [-0.15, -0.1) is 0 Å². The van der Waals surface area contributed by atoms with E-state index in [9.17, 15) is 10.2 Å². The van der Waals surface area contributed by atoms with E-state index in [2.05, 4.69) is 79.2 Å². The summed E-state index contributed by atoms with van der Waals surface area (Å²) in [7, 11) is -4.31. The zero-order valence-electron chi connectivity index (χ0n) is 22.8. The maximum atomic E-state index is 11.5. The number of rotatable bonds is 6. The molecule has 2 nitrogen and oxygen atoms in total. The standard InChI is InChI=1S/C30H44O2Si2/c1-29(2,3)33(7,8)25(27(31)23-17-13-11-14-18-23)21-22-26(34(9,10)30(4,5)6)28(32)24-19-15-12-16-20-24/h11-20,27-28,31-32H,1-10H3. The fourth-order valence-electron chi connectivity index (χ4n) is 3.68. The summed E-state index contributed by atoms with van der Waals surface area (Å²) in [5.74, 6) is 0. The average molecular weight is 493 g/mol. The van der Waals surface area contributed by atoms with E-state index in [1.54, 1.807) is 0 Å². The number of hydrogen-bond donors (Lipinski definition) is 2. The quantitative estimate of drug-likeness (QED) is 0.315. The van der Waals surface area contributed by atoms with Gasteiger partial charge in [-0.05, 0) is 31.6 Å². The van der Waals surface area contributed by atoms with Crippen LogP contribution in [0.25, 0.3) is 0 Å². The molecule has 0 aliphatic heterocycles. The van der Waals surface area contributed by atoms with E-state index in [1.807, 2.05) is 60.7 Å². The van der Waals surface area contributed by atoms with Crippen LogP contribution in [0.2, 0.25) is 36.3 Å². The zero-order chi connectivity index (χ0) is 25.9. The van der Waals surface area contributed by atoms with Crippen LogP contribution in [0.3, 0.4) is 0 Å². The van der Waals surface area contributed by atoms with Crippen LogP contribution in [0.15, 0.2) is 82.5 Å². The van der Waals surface area contributed by atoms with Crippen molar-refractivity contribution < 1.29 is 10.2 Å². The van der Waals surface area contributed by atoms with Gasteiger partial charge in [-0.25, -0.2) is 0 Å². The maximum Gasteiger partial charge on any atom is 0.104 e. The Morgan fingerprint density at radius 1 is 0.588 bits per heavy atom. The fraction of sp³-hybridized carbons (Fsp3) is 0.467. The highest BCUT2D eigenvalue weighted by Crippen LogP contribution is 2.46. The second kappa shape index (κ2) is 10.4. The number of aliphatic hydroxyl groups is 2. The van der Waals surface area contributed by atoms with E-state index in [0.717, 1.165) is 21.5 Å². The first-order chi connectivity index (χ1) is 15.5. The smallest absolute Gasteiger partial charge is 0.104 e. The molecule has 2 aromatic carbocycles. The normalized spacial score (nSPS) is 14.6. The van der Waals surface area contributed by atoms with Crippen LogP contribution in [0.4, 0.5) is 0 Å². The zero-order valence-corrected chi connectivity index (χ0v) is 24.8. The topological polar surface area (TPSA) is 40.5 Å². The van der Waals surface area contributed by atoms with Gasteiger partial charge in [0.25, 0.3) is 0 Å². The number of aliphatic hydroxyl groups excluding tert-OH is 2. The lowest BCUT2D eigenvalue weighted by Crippen LogP contribution is -2.42. The van der Waals surface area contributed by atoms with Gasteiger partial charge < -0.3 is 10.2 Å². The Labute approximate surface area is 209 Å². The first-order valence-electron chi connectivity index (χ1n) is 12.2. The molecule has 2 rings (SSSR count). The van der Waals surface area contributed by atoms with Gasteiger partial charge in [-0.3, -0.25) is 0 Å². The lowest BCUT2D eigenvalue weighted by Gasteiger charge is -2.40. The van der Waals surface area contributed by atoms with Crippen LogP contribution in [-0.2, 0) is 0 Å². The van der Waals surface area contributed by atoms with Crippen molar-refractivity contribution in [3.05, 3.63) is 93.6 Å². The molecule has 0 saturated carbocycles. The van der Waals surface area contributed by atoms with Crippen molar-refractivity contribution in [2.75, 3.05) is 0 Å². The lowest BCUT2D eigenvalue weighted by atomic mass is 10.1. The summed E-state index contributed by atoms with van der Waals surface area (Å²) in [5.41, 5.74) is 8.76. The molecule has 2 atom stereocenters. The van der Waals surface area contributed by atoms with Crippen LogP contribution in [0.1, 0.15) is 64.9 Å². The molecule has 0 fully saturated rings. The SMILES string of the molecule is CC(C)(C)[Si](C)(C)C(=C=C=C(C(O)c1ccccc1)[Si](C)(C)C(C)(C)C)C(O)c1ccccc1. The molecular weight excluding hydrogens is 449 g/mol. The second-order valence-electron chi connectivity index (χ2n) is 12.5. The molecule has 0 aromatic heterocycles. The van der Waals surface area contributed by atoms with Crippen LogP contribution < -0.4 is 0 Å². The Morgan fingerprint density at radius 3 is 1.09 bits per heavy atom. The fourth-order valence-corrected chi connectivity index (χ4v) is 7.75. The van der Waals surface area contributed by atoms with Gasteiger partial charge in [0.15, 0.2) is 0 Å². The summed E-state index contributed by atoms with van der Waals surface area (Å²) in [4.78, 5) is 0. The van der Waals surface area contributed by atoms with Crippen molar-refractivity contribution in [1.82, 2.24) is 0 Å². The molecule has 0 radical (unpaired) electrons. The van der Waals surface area contributed by atoms with E-state index < -0.39 is 28.4 Å². The third kappa shape index (κ3) is 6.01. The molecule has 0 bridgehead atoms. The first-order valence-corrected chi connectivity index (χ1v) is 18.2. The minimum Gasteiger partial charge on any atom is -0.384 e. The summed E-state index contributed by atoms with van der Waals surface area (Å²) in [6.45, 7) is 22.7. The van der Waals surface area contributed by atoms with Gasteiger partial charge in [0.1, 0.15) is 12.2 Å². The molecule has 0 spiro atoms. The van der Waals surface area contributed by atoms with Gasteiger partial charge in [0.2, 0.25) is 0 Å². The van der Waals surface area contributed by atoms with E-state index in [1.165, 1.54) is 0 Å². The lowest BCUT2D eigenvalue weighted by molar-refractivity contribution is 0.220. The van der Waals surface area contributed by atoms with Crippen LogP contribution in [-0.4, -0.2) is 26.4 Å². The molecule has 2 aromatic rings. The van der Waals surface area contributed by atoms with Crippen molar-refractivity contribution in [2.45, 2.75) is 90.0 Å². The Balaban J connectivity index is 2.95. The number of benzene rings is 2. The summed E-state index contributed by atoms with van der Waals surface area (Å²) in [6, 6.07) is 19.6. The predicted octanol–water partition coefficient (Wildman–Crippen LogP) is 8.16. The van der Waals surface area contributed by atoms with E-state index >= 15 is 0 Å². The van der Waals surface area contributed by atoms with Crippen molar-refractivity contribution in [2.24, 2.45) is 0 Å². The van der Waals surface area contributed by atoms with Crippen molar-refractivity contribution in [3.63, 3.8) is 0 Å². The van der Waals surface area contributed by atoms with Gasteiger partial charge in [0.05, 0.1) is 16.1 Å². The molecular formula is C30H44O2Si2. The third-order valence-corrected chi connectivity index (χ3v) is 19.2.